The van der Waals surface area contributed by atoms with Crippen LogP contribution in [0.25, 0.3) is 11.1 Å². The van der Waals surface area contributed by atoms with Gasteiger partial charge in [-0.25, -0.2) is 4.79 Å². The summed E-state index contributed by atoms with van der Waals surface area (Å²) in [6, 6.07) is 29.3. The van der Waals surface area contributed by atoms with E-state index in [0.717, 1.165) is 49.4 Å². The Morgan fingerprint density at radius 1 is 0.805 bits per heavy atom. The number of anilines is 1. The second kappa shape index (κ2) is 13.6. The van der Waals surface area contributed by atoms with Gasteiger partial charge in [-0.05, 0) is 47.0 Å². The molecule has 4 aromatic rings. The van der Waals surface area contributed by atoms with Crippen molar-refractivity contribution in [1.29, 1.82) is 0 Å². The van der Waals surface area contributed by atoms with Crippen molar-refractivity contribution in [3.05, 3.63) is 114 Å². The van der Waals surface area contributed by atoms with Crippen molar-refractivity contribution in [3.8, 4) is 22.6 Å². The van der Waals surface area contributed by atoms with Crippen molar-refractivity contribution >= 4 is 17.6 Å². The van der Waals surface area contributed by atoms with Gasteiger partial charge in [0.05, 0.1) is 16.8 Å². The highest BCUT2D eigenvalue weighted by Crippen LogP contribution is 2.29. The Morgan fingerprint density at radius 3 is 2.27 bits per heavy atom. The summed E-state index contributed by atoms with van der Waals surface area (Å²) in [5.41, 5.74) is 3.10. The molecule has 4 aromatic carbocycles. The fourth-order valence-electron chi connectivity index (χ4n) is 4.70. The summed E-state index contributed by atoms with van der Waals surface area (Å²) in [7, 11) is 0. The van der Waals surface area contributed by atoms with Crippen LogP contribution in [0.4, 0.5) is 5.69 Å². The maximum atomic E-state index is 13.7. The molecule has 210 valence electrons. The molecule has 3 N–H and O–H groups in total. The molecule has 1 heterocycles. The zero-order valence-corrected chi connectivity index (χ0v) is 22.7. The highest BCUT2D eigenvalue weighted by atomic mass is 16.5. The molecule has 0 saturated carbocycles. The first-order chi connectivity index (χ1) is 20.1. The van der Waals surface area contributed by atoms with Crippen LogP contribution in [-0.2, 0) is 6.61 Å². The van der Waals surface area contributed by atoms with E-state index in [1.165, 1.54) is 6.07 Å². The summed E-state index contributed by atoms with van der Waals surface area (Å²) < 4.78 is 12.1. The minimum Gasteiger partial charge on any atom is -0.492 e. The first-order valence-corrected chi connectivity index (χ1v) is 13.7. The van der Waals surface area contributed by atoms with Crippen molar-refractivity contribution < 1.29 is 24.2 Å². The molecule has 5 rings (SSSR count). The largest absolute Gasteiger partial charge is 0.492 e. The van der Waals surface area contributed by atoms with Gasteiger partial charge in [0, 0.05) is 32.7 Å². The van der Waals surface area contributed by atoms with Gasteiger partial charge in [0.15, 0.2) is 0 Å². The molecule has 41 heavy (non-hydrogen) atoms. The lowest BCUT2D eigenvalue weighted by molar-refractivity contribution is 0.0698. The van der Waals surface area contributed by atoms with E-state index in [4.69, 9.17) is 9.47 Å². The molecule has 0 unspecified atom stereocenters. The molecule has 8 nitrogen and oxygen atoms in total. The van der Waals surface area contributed by atoms with Gasteiger partial charge in [-0.3, -0.25) is 9.69 Å². The van der Waals surface area contributed by atoms with E-state index in [-0.39, 0.29) is 23.4 Å². The average molecular weight is 552 g/mol. The van der Waals surface area contributed by atoms with Gasteiger partial charge in [0.25, 0.3) is 5.91 Å². The predicted molar refractivity (Wildman–Crippen MR) is 159 cm³/mol. The van der Waals surface area contributed by atoms with Crippen LogP contribution >= 0.6 is 0 Å². The van der Waals surface area contributed by atoms with Crippen LogP contribution in [0.3, 0.4) is 0 Å². The van der Waals surface area contributed by atoms with Crippen LogP contribution < -0.4 is 20.1 Å². The Hall–Kier alpha value is -4.66. The third-order valence-corrected chi connectivity index (χ3v) is 6.92. The van der Waals surface area contributed by atoms with E-state index in [0.29, 0.717) is 18.1 Å². The zero-order valence-electron chi connectivity index (χ0n) is 22.7. The second-order valence-electron chi connectivity index (χ2n) is 9.76. The number of carbonyl (C=O) groups is 2. The SMILES string of the molecule is O=C(O)c1ccc(-c2ccccc2)cc1NC(=O)c1cc(OCCN2CCNCC2)ccc1OCc1ccccc1. The summed E-state index contributed by atoms with van der Waals surface area (Å²) in [6.07, 6.45) is 0. The van der Waals surface area contributed by atoms with Crippen LogP contribution in [0.5, 0.6) is 11.5 Å². The number of nitrogens with zero attached hydrogens (tertiary/aromatic N) is 1. The van der Waals surface area contributed by atoms with E-state index in [2.05, 4.69) is 15.5 Å². The molecule has 1 saturated heterocycles. The van der Waals surface area contributed by atoms with Crippen molar-refractivity contribution in [2.24, 2.45) is 0 Å². The van der Waals surface area contributed by atoms with Gasteiger partial charge in [0.2, 0.25) is 0 Å². The van der Waals surface area contributed by atoms with Gasteiger partial charge in [-0.15, -0.1) is 0 Å². The highest BCUT2D eigenvalue weighted by molar-refractivity contribution is 6.09. The smallest absolute Gasteiger partial charge is 0.337 e. The summed E-state index contributed by atoms with van der Waals surface area (Å²) in [4.78, 5) is 28.0. The van der Waals surface area contributed by atoms with Gasteiger partial charge >= 0.3 is 5.97 Å². The standard InChI is InChI=1S/C33H33N3O5/c37-32(35-30-21-26(11-13-28(30)33(38)39)25-9-5-2-6-10-25)29-22-27(40-20-19-36-17-15-34-16-18-36)12-14-31(29)41-23-24-7-3-1-4-8-24/h1-14,21-22,34H,15-20,23H2,(H,35,37)(H,38,39). The predicted octanol–water partition coefficient (Wildman–Crippen LogP) is 5.17. The lowest BCUT2D eigenvalue weighted by Gasteiger charge is -2.27. The number of carboxylic acid groups (broad SMARTS) is 1. The monoisotopic (exact) mass is 551 g/mol. The number of piperazine rings is 1. The van der Waals surface area contributed by atoms with Crippen molar-refractivity contribution in [2.45, 2.75) is 6.61 Å². The zero-order chi connectivity index (χ0) is 28.4. The first-order valence-electron chi connectivity index (χ1n) is 13.7. The molecule has 0 atom stereocenters. The van der Waals surface area contributed by atoms with E-state index in [1.54, 1.807) is 30.3 Å². The number of amides is 1. The Morgan fingerprint density at radius 2 is 1.54 bits per heavy atom. The van der Waals surface area contributed by atoms with E-state index in [1.807, 2.05) is 60.7 Å². The van der Waals surface area contributed by atoms with E-state index >= 15 is 0 Å². The Kier molecular flexibility index (Phi) is 9.26. The second-order valence-corrected chi connectivity index (χ2v) is 9.76. The maximum absolute atomic E-state index is 13.7. The summed E-state index contributed by atoms with van der Waals surface area (Å²) in [6.45, 7) is 5.39. The van der Waals surface area contributed by atoms with Gasteiger partial charge in [0.1, 0.15) is 24.7 Å². The van der Waals surface area contributed by atoms with Gasteiger partial charge in [-0.1, -0.05) is 66.7 Å². The molecular formula is C33H33N3O5. The molecule has 1 fully saturated rings. The molecular weight excluding hydrogens is 518 g/mol. The fourth-order valence-corrected chi connectivity index (χ4v) is 4.70. The summed E-state index contributed by atoms with van der Waals surface area (Å²) in [5, 5.41) is 16.0. The lowest BCUT2D eigenvalue weighted by atomic mass is 10.0. The molecule has 1 aliphatic heterocycles. The molecule has 1 aliphatic rings. The van der Waals surface area contributed by atoms with Crippen LogP contribution in [-0.4, -0.2) is 61.2 Å². The van der Waals surface area contributed by atoms with Crippen LogP contribution in [0, 0.1) is 0 Å². The number of ether oxygens (including phenoxy) is 2. The van der Waals surface area contributed by atoms with Crippen molar-refractivity contribution in [2.75, 3.05) is 44.6 Å². The lowest BCUT2D eigenvalue weighted by Crippen LogP contribution is -2.44. The van der Waals surface area contributed by atoms with Crippen LogP contribution in [0.15, 0.2) is 97.1 Å². The normalized spacial score (nSPS) is 13.4. The Labute approximate surface area is 239 Å². The third kappa shape index (κ3) is 7.51. The fraction of sp³-hybridized carbons (Fsp3) is 0.212. The van der Waals surface area contributed by atoms with Crippen molar-refractivity contribution in [3.63, 3.8) is 0 Å². The third-order valence-electron chi connectivity index (χ3n) is 6.92. The van der Waals surface area contributed by atoms with Gasteiger partial charge in [-0.2, -0.15) is 0 Å². The average Bonchev–Trinajstić information content (AvgIpc) is 3.01. The minimum absolute atomic E-state index is 0.00629. The molecule has 1 amide bonds. The maximum Gasteiger partial charge on any atom is 0.337 e. The van der Waals surface area contributed by atoms with Crippen LogP contribution in [0.2, 0.25) is 0 Å². The number of hydrogen-bond acceptors (Lipinski definition) is 6. The number of nitrogens with one attached hydrogen (secondary N) is 2. The number of benzene rings is 4. The number of aromatic carboxylic acids is 1. The van der Waals surface area contributed by atoms with Crippen LogP contribution in [0.1, 0.15) is 26.3 Å². The highest BCUT2D eigenvalue weighted by Gasteiger charge is 2.19. The summed E-state index contributed by atoms with van der Waals surface area (Å²) >= 11 is 0. The van der Waals surface area contributed by atoms with E-state index in [9.17, 15) is 14.7 Å². The topological polar surface area (TPSA) is 100 Å². The molecule has 0 bridgehead atoms. The molecule has 0 aliphatic carbocycles. The Balaban J connectivity index is 1.39. The quantitative estimate of drug-likeness (QED) is 0.237. The summed E-state index contributed by atoms with van der Waals surface area (Å²) in [5.74, 6) is -0.718. The number of carbonyl (C=O) groups excluding carboxylic acids is 1. The Bertz CT molecular complexity index is 1470. The first kappa shape index (κ1) is 27.9. The number of hydrogen-bond donors (Lipinski definition) is 3. The molecule has 0 radical (unpaired) electrons. The number of carboxylic acids is 1. The molecule has 0 spiro atoms. The molecule has 0 aromatic heterocycles. The minimum atomic E-state index is -1.13. The number of rotatable bonds is 11. The van der Waals surface area contributed by atoms with E-state index < -0.39 is 11.9 Å². The van der Waals surface area contributed by atoms with Gasteiger partial charge < -0.3 is 25.2 Å². The van der Waals surface area contributed by atoms with Crippen molar-refractivity contribution in [1.82, 2.24) is 10.2 Å². The molecule has 8 heteroatoms.